The molecule has 0 bridgehead atoms. The number of fused-ring (bicyclic) bond motifs is 2. The standard InChI is InChI=1S/C49H52OP2/c1-33-21-17-19-27-41(33)51(37-23-13-11-14-24-37)43-31-35(47(3,4)5)29-39-45(43)50-46-40(49(39,9)10)30-36(48(6,7)8)32-44(46)52(38-25-15-12-16-26-38)42-28-20-18-22-34(42)2/h11-32H,1-10H3/t51-,52-/m0/s1. The van der Waals surface area contributed by atoms with Crippen LogP contribution in [0.25, 0.3) is 0 Å². The first-order valence-electron chi connectivity index (χ1n) is 18.5. The fraction of sp³-hybridized carbons (Fsp3) is 0.265. The summed E-state index contributed by atoms with van der Waals surface area (Å²) in [6, 6.07) is 50.0. The molecule has 0 aliphatic carbocycles. The molecule has 1 aliphatic rings. The summed E-state index contributed by atoms with van der Waals surface area (Å²) in [5, 5.41) is 8.01. The molecule has 1 aliphatic heterocycles. The van der Waals surface area contributed by atoms with Crippen LogP contribution < -0.4 is 36.6 Å². The van der Waals surface area contributed by atoms with Gasteiger partial charge < -0.3 is 4.74 Å². The Kier molecular flexibility index (Phi) is 9.61. The molecule has 264 valence electrons. The van der Waals surface area contributed by atoms with Crippen LogP contribution in [0.3, 0.4) is 0 Å². The van der Waals surface area contributed by atoms with Gasteiger partial charge in [-0.05, 0) is 96.1 Å². The average molecular weight is 719 g/mol. The van der Waals surface area contributed by atoms with Crippen LogP contribution in [0, 0.1) is 13.8 Å². The van der Waals surface area contributed by atoms with Crippen molar-refractivity contribution in [1.29, 1.82) is 0 Å². The summed E-state index contributed by atoms with van der Waals surface area (Å²) in [7, 11) is -1.88. The quantitative estimate of drug-likeness (QED) is 0.156. The van der Waals surface area contributed by atoms with Crippen LogP contribution >= 0.6 is 15.8 Å². The summed E-state index contributed by atoms with van der Waals surface area (Å²) in [6.07, 6.45) is 0. The molecule has 7 rings (SSSR count). The van der Waals surface area contributed by atoms with E-state index in [0.717, 1.165) is 11.5 Å². The molecule has 1 heterocycles. The zero-order chi connectivity index (χ0) is 37.0. The summed E-state index contributed by atoms with van der Waals surface area (Å²) in [4.78, 5) is 0. The van der Waals surface area contributed by atoms with E-state index in [-0.39, 0.29) is 16.2 Å². The zero-order valence-corrected chi connectivity index (χ0v) is 34.3. The third kappa shape index (κ3) is 6.68. The van der Waals surface area contributed by atoms with E-state index < -0.39 is 15.8 Å². The number of hydrogen-bond acceptors (Lipinski definition) is 1. The summed E-state index contributed by atoms with van der Waals surface area (Å²) >= 11 is 0. The molecule has 0 saturated carbocycles. The predicted octanol–water partition coefficient (Wildman–Crippen LogP) is 10.8. The lowest BCUT2D eigenvalue weighted by atomic mass is 9.72. The highest BCUT2D eigenvalue weighted by atomic mass is 31.1. The van der Waals surface area contributed by atoms with Crippen LogP contribution in [0.2, 0.25) is 0 Å². The Labute approximate surface area is 315 Å². The predicted molar refractivity (Wildman–Crippen MR) is 229 cm³/mol. The van der Waals surface area contributed by atoms with Gasteiger partial charge in [0.15, 0.2) is 0 Å². The molecule has 0 N–H and O–H groups in total. The van der Waals surface area contributed by atoms with Crippen molar-refractivity contribution in [2.24, 2.45) is 0 Å². The maximum absolute atomic E-state index is 7.67. The van der Waals surface area contributed by atoms with Gasteiger partial charge in [0.05, 0.1) is 0 Å². The SMILES string of the molecule is Cc1ccccc1[P@](c1ccccc1)c1cc(C(C)(C)C)cc2c1Oc1c([P@@](c3ccccc3)c3ccccc3C)cc(C(C)(C)C)cc1C2(C)C. The Morgan fingerprint density at radius 3 is 1.13 bits per heavy atom. The second-order valence-corrected chi connectivity index (χ2v) is 21.2. The molecular weight excluding hydrogens is 666 g/mol. The molecule has 0 aromatic heterocycles. The van der Waals surface area contributed by atoms with Crippen molar-refractivity contribution in [1.82, 2.24) is 0 Å². The van der Waals surface area contributed by atoms with Crippen LogP contribution in [0.5, 0.6) is 11.5 Å². The van der Waals surface area contributed by atoms with E-state index in [1.807, 2.05) is 0 Å². The lowest BCUT2D eigenvalue weighted by Crippen LogP contribution is -2.35. The van der Waals surface area contributed by atoms with Gasteiger partial charge >= 0.3 is 0 Å². The highest BCUT2D eigenvalue weighted by Gasteiger charge is 2.42. The van der Waals surface area contributed by atoms with Gasteiger partial charge in [0.25, 0.3) is 0 Å². The summed E-state index contributed by atoms with van der Waals surface area (Å²) in [5.41, 5.74) is 7.45. The fourth-order valence-electron chi connectivity index (χ4n) is 7.41. The van der Waals surface area contributed by atoms with Gasteiger partial charge in [-0.25, -0.2) is 0 Å². The topological polar surface area (TPSA) is 9.23 Å². The second-order valence-electron chi connectivity index (χ2n) is 16.9. The van der Waals surface area contributed by atoms with Crippen molar-refractivity contribution in [2.45, 2.75) is 85.5 Å². The molecule has 0 unspecified atom stereocenters. The van der Waals surface area contributed by atoms with Crippen molar-refractivity contribution >= 4 is 47.7 Å². The van der Waals surface area contributed by atoms with Crippen molar-refractivity contribution in [3.8, 4) is 11.5 Å². The molecule has 0 amide bonds. The highest BCUT2D eigenvalue weighted by molar-refractivity contribution is 7.80. The lowest BCUT2D eigenvalue weighted by molar-refractivity contribution is 0.422. The summed E-state index contributed by atoms with van der Waals surface area (Å²) < 4.78 is 7.67. The third-order valence-electron chi connectivity index (χ3n) is 10.6. The summed E-state index contributed by atoms with van der Waals surface area (Å²) in [5.74, 6) is 2.06. The number of aryl methyl sites for hydroxylation is 2. The zero-order valence-electron chi connectivity index (χ0n) is 32.5. The Bertz CT molecular complexity index is 2080. The minimum Gasteiger partial charge on any atom is -0.455 e. The molecule has 2 atom stereocenters. The molecule has 0 radical (unpaired) electrons. The van der Waals surface area contributed by atoms with E-state index in [2.05, 4.69) is 203 Å². The average Bonchev–Trinajstić information content (AvgIpc) is 3.10. The lowest BCUT2D eigenvalue weighted by Gasteiger charge is -2.41. The molecule has 6 aromatic carbocycles. The van der Waals surface area contributed by atoms with Gasteiger partial charge in [0.1, 0.15) is 11.5 Å². The van der Waals surface area contributed by atoms with Crippen molar-refractivity contribution in [2.75, 3.05) is 0 Å². The first-order valence-corrected chi connectivity index (χ1v) is 21.2. The second kappa shape index (κ2) is 13.8. The van der Waals surface area contributed by atoms with Gasteiger partial charge in [-0.3, -0.25) is 0 Å². The Hall–Kier alpha value is -4.02. The van der Waals surface area contributed by atoms with Gasteiger partial charge in [0.2, 0.25) is 0 Å². The molecular formula is C49H52OP2. The first kappa shape index (κ1) is 36.3. The largest absolute Gasteiger partial charge is 0.455 e. The van der Waals surface area contributed by atoms with Crippen LogP contribution in [-0.4, -0.2) is 0 Å². The van der Waals surface area contributed by atoms with Crippen molar-refractivity contribution in [3.63, 3.8) is 0 Å². The monoisotopic (exact) mass is 718 g/mol. The van der Waals surface area contributed by atoms with Crippen LogP contribution in [-0.2, 0) is 16.2 Å². The smallest absolute Gasteiger partial charge is 0.139 e. The number of hydrogen-bond donors (Lipinski definition) is 0. The van der Waals surface area contributed by atoms with Gasteiger partial charge in [-0.15, -0.1) is 0 Å². The molecule has 0 spiro atoms. The van der Waals surface area contributed by atoms with Crippen LogP contribution in [0.1, 0.15) is 88.8 Å². The van der Waals surface area contributed by atoms with Gasteiger partial charge in [0, 0.05) is 27.2 Å². The van der Waals surface area contributed by atoms with Crippen molar-refractivity contribution in [3.05, 3.63) is 167 Å². The van der Waals surface area contributed by atoms with E-state index in [9.17, 15) is 0 Å². The fourth-order valence-corrected chi connectivity index (χ4v) is 12.6. The molecule has 0 fully saturated rings. The number of benzene rings is 6. The molecule has 6 aromatic rings. The van der Waals surface area contributed by atoms with Crippen molar-refractivity contribution < 1.29 is 4.74 Å². The van der Waals surface area contributed by atoms with E-state index in [1.165, 1.54) is 65.2 Å². The van der Waals surface area contributed by atoms with E-state index >= 15 is 0 Å². The Morgan fingerprint density at radius 1 is 0.442 bits per heavy atom. The first-order chi connectivity index (χ1) is 24.7. The van der Waals surface area contributed by atoms with E-state index in [4.69, 9.17) is 4.74 Å². The molecule has 52 heavy (non-hydrogen) atoms. The highest BCUT2D eigenvalue weighted by Crippen LogP contribution is 2.54. The third-order valence-corrected chi connectivity index (χ3v) is 15.9. The van der Waals surface area contributed by atoms with Gasteiger partial charge in [-0.1, -0.05) is 177 Å². The summed E-state index contributed by atoms with van der Waals surface area (Å²) in [6.45, 7) is 23.4. The Morgan fingerprint density at radius 2 is 0.788 bits per heavy atom. The van der Waals surface area contributed by atoms with E-state index in [0.29, 0.717) is 0 Å². The number of ether oxygens (including phenoxy) is 1. The number of rotatable bonds is 6. The molecule has 0 saturated heterocycles. The minimum absolute atomic E-state index is 0.0472. The van der Waals surface area contributed by atoms with E-state index in [1.54, 1.807) is 0 Å². The minimum atomic E-state index is -0.938. The van der Waals surface area contributed by atoms with Crippen LogP contribution in [0.4, 0.5) is 0 Å². The van der Waals surface area contributed by atoms with Crippen LogP contribution in [0.15, 0.2) is 133 Å². The van der Waals surface area contributed by atoms with Gasteiger partial charge in [-0.2, -0.15) is 0 Å². The molecule has 3 heteroatoms. The normalized spacial score (nSPS) is 14.9. The maximum Gasteiger partial charge on any atom is 0.139 e. The Balaban J connectivity index is 1.59. The molecule has 1 nitrogen and oxygen atoms in total. The maximum atomic E-state index is 7.67.